The van der Waals surface area contributed by atoms with E-state index >= 15 is 0 Å². The van der Waals surface area contributed by atoms with Gasteiger partial charge in [-0.2, -0.15) is 13.2 Å². The van der Waals surface area contributed by atoms with E-state index in [2.05, 4.69) is 14.7 Å². The maximum Gasteiger partial charge on any atom is 0.416 e. The third-order valence-electron chi connectivity index (χ3n) is 2.67. The lowest BCUT2D eigenvalue weighted by molar-refractivity contribution is -0.233. The van der Waals surface area contributed by atoms with Crippen LogP contribution in [0.4, 0.5) is 13.2 Å². The number of nitrogens with one attached hydrogen (secondary N) is 1. The minimum absolute atomic E-state index is 0.000250. The maximum absolute atomic E-state index is 12.5. The first kappa shape index (κ1) is 13.5. The Labute approximate surface area is 105 Å². The zero-order valence-corrected chi connectivity index (χ0v) is 9.61. The van der Waals surface area contributed by atoms with Gasteiger partial charge in [-0.3, -0.25) is 9.59 Å². The summed E-state index contributed by atoms with van der Waals surface area (Å²) in [6, 6.07) is 0. The number of aromatic nitrogens is 2. The number of ether oxygens (including phenoxy) is 1. The summed E-state index contributed by atoms with van der Waals surface area (Å²) in [4.78, 5) is 30.0. The topological polar surface area (TPSA) is 75.3 Å². The van der Waals surface area contributed by atoms with Gasteiger partial charge in [0.25, 0.3) is 11.5 Å². The van der Waals surface area contributed by atoms with Gasteiger partial charge in [0, 0.05) is 12.7 Å². The van der Waals surface area contributed by atoms with Crippen molar-refractivity contribution >= 4 is 5.91 Å². The van der Waals surface area contributed by atoms with E-state index in [4.69, 9.17) is 0 Å². The number of hydrogen-bond acceptors (Lipinski definition) is 4. The highest BCUT2D eigenvalue weighted by Gasteiger charge is 2.44. The third kappa shape index (κ3) is 2.92. The largest absolute Gasteiger partial charge is 0.416 e. The molecule has 1 aromatic heterocycles. The van der Waals surface area contributed by atoms with Gasteiger partial charge in [-0.1, -0.05) is 0 Å². The summed E-state index contributed by atoms with van der Waals surface area (Å²) in [6.07, 6.45) is -4.45. The Balaban J connectivity index is 2.16. The molecule has 1 fully saturated rings. The number of aromatic amines is 1. The molecule has 0 bridgehead atoms. The number of carbonyl (C=O) groups excluding carboxylic acids is 1. The first-order valence-electron chi connectivity index (χ1n) is 5.40. The molecule has 6 nitrogen and oxygen atoms in total. The first-order chi connectivity index (χ1) is 8.89. The molecule has 1 saturated heterocycles. The molecule has 0 radical (unpaired) electrons. The fourth-order valence-corrected chi connectivity index (χ4v) is 1.70. The molecule has 0 aromatic carbocycles. The van der Waals surface area contributed by atoms with Crippen molar-refractivity contribution in [2.24, 2.45) is 0 Å². The van der Waals surface area contributed by atoms with Crippen LogP contribution in [0.2, 0.25) is 0 Å². The summed E-state index contributed by atoms with van der Waals surface area (Å²) in [5.74, 6) is -0.785. The average molecular weight is 277 g/mol. The molecule has 9 heteroatoms. The number of alkyl halides is 3. The minimum Gasteiger partial charge on any atom is -0.365 e. The lowest BCUT2D eigenvalue weighted by atomic mass is 10.2. The van der Waals surface area contributed by atoms with Crippen LogP contribution in [0.1, 0.15) is 10.4 Å². The Morgan fingerprint density at radius 2 is 2.26 bits per heavy atom. The van der Waals surface area contributed by atoms with Crippen molar-refractivity contribution < 1.29 is 22.7 Å². The van der Waals surface area contributed by atoms with E-state index in [1.165, 1.54) is 0 Å². The molecule has 1 amide bonds. The molecule has 0 saturated carbocycles. The van der Waals surface area contributed by atoms with Gasteiger partial charge in [-0.05, 0) is 0 Å². The van der Waals surface area contributed by atoms with E-state index in [0.29, 0.717) is 0 Å². The van der Waals surface area contributed by atoms with Crippen molar-refractivity contribution in [2.75, 3.05) is 19.7 Å². The molecule has 1 atom stereocenters. The summed E-state index contributed by atoms with van der Waals surface area (Å²) in [7, 11) is 0. The highest BCUT2D eigenvalue weighted by Crippen LogP contribution is 2.25. The number of H-pyrrole nitrogens is 1. The van der Waals surface area contributed by atoms with E-state index in [-0.39, 0.29) is 18.7 Å². The van der Waals surface area contributed by atoms with Crippen LogP contribution in [0.15, 0.2) is 17.3 Å². The van der Waals surface area contributed by atoms with E-state index in [0.717, 1.165) is 17.4 Å². The monoisotopic (exact) mass is 277 g/mol. The summed E-state index contributed by atoms with van der Waals surface area (Å²) in [5, 5.41) is 0. The molecule has 1 aromatic rings. The minimum atomic E-state index is -4.54. The Hall–Kier alpha value is -1.90. The second-order valence-corrected chi connectivity index (χ2v) is 3.95. The predicted molar refractivity (Wildman–Crippen MR) is 56.6 cm³/mol. The second-order valence-electron chi connectivity index (χ2n) is 3.95. The van der Waals surface area contributed by atoms with Gasteiger partial charge in [0.15, 0.2) is 6.10 Å². The standard InChI is InChI=1S/C10H10F3N3O3/c11-10(12,13)7-4-16(1-2-19-7)9(18)6-3-14-5-15-8(6)17/h3,5,7H,1-2,4H2,(H,14,15,17)/t7-/m0/s1. The number of carbonyl (C=O) groups is 1. The second kappa shape index (κ2) is 5.00. The van der Waals surface area contributed by atoms with Crippen LogP contribution in [0, 0.1) is 0 Å². The molecular formula is C10H10F3N3O3. The highest BCUT2D eigenvalue weighted by atomic mass is 19.4. The van der Waals surface area contributed by atoms with Gasteiger partial charge < -0.3 is 14.6 Å². The average Bonchev–Trinajstić information content (AvgIpc) is 2.38. The Morgan fingerprint density at radius 3 is 2.89 bits per heavy atom. The lowest BCUT2D eigenvalue weighted by Crippen LogP contribution is -2.51. The number of rotatable bonds is 1. The number of halogens is 3. The van der Waals surface area contributed by atoms with Crippen molar-refractivity contribution in [1.82, 2.24) is 14.9 Å². The number of hydrogen-bond donors (Lipinski definition) is 1. The van der Waals surface area contributed by atoms with Gasteiger partial charge in [-0.25, -0.2) is 4.98 Å². The van der Waals surface area contributed by atoms with E-state index in [9.17, 15) is 22.8 Å². The smallest absolute Gasteiger partial charge is 0.365 e. The summed E-state index contributed by atoms with van der Waals surface area (Å²) in [6.45, 7) is -0.857. The van der Waals surface area contributed by atoms with Gasteiger partial charge in [0.2, 0.25) is 0 Å². The van der Waals surface area contributed by atoms with Crippen LogP contribution in [0.25, 0.3) is 0 Å². The number of amides is 1. The fourth-order valence-electron chi connectivity index (χ4n) is 1.70. The molecule has 104 valence electrons. The number of morpholine rings is 1. The van der Waals surface area contributed by atoms with Crippen LogP contribution in [0.5, 0.6) is 0 Å². The summed E-state index contributed by atoms with van der Waals surface area (Å²) < 4.78 is 42.1. The van der Waals surface area contributed by atoms with Crippen LogP contribution in [-0.2, 0) is 4.74 Å². The molecule has 2 rings (SSSR count). The van der Waals surface area contributed by atoms with Gasteiger partial charge >= 0.3 is 6.18 Å². The van der Waals surface area contributed by atoms with E-state index in [1.54, 1.807) is 0 Å². The molecule has 1 aliphatic rings. The SMILES string of the molecule is O=C(c1cnc[nH]c1=O)N1CCO[C@H](C(F)(F)F)C1. The molecule has 1 aliphatic heterocycles. The molecule has 0 spiro atoms. The Kier molecular flexibility index (Phi) is 3.56. The van der Waals surface area contributed by atoms with Crippen molar-refractivity contribution in [2.45, 2.75) is 12.3 Å². The first-order valence-corrected chi connectivity index (χ1v) is 5.40. The van der Waals surface area contributed by atoms with Crippen LogP contribution >= 0.6 is 0 Å². The lowest BCUT2D eigenvalue weighted by Gasteiger charge is -2.33. The Morgan fingerprint density at radius 1 is 1.53 bits per heavy atom. The van der Waals surface area contributed by atoms with E-state index < -0.39 is 30.3 Å². The van der Waals surface area contributed by atoms with Crippen molar-refractivity contribution in [1.29, 1.82) is 0 Å². The third-order valence-corrected chi connectivity index (χ3v) is 2.67. The van der Waals surface area contributed by atoms with E-state index in [1.807, 2.05) is 0 Å². The van der Waals surface area contributed by atoms with Gasteiger partial charge in [0.1, 0.15) is 5.56 Å². The van der Waals surface area contributed by atoms with Crippen LogP contribution in [-0.4, -0.2) is 52.8 Å². The summed E-state index contributed by atoms with van der Waals surface area (Å²) >= 11 is 0. The van der Waals surface area contributed by atoms with Crippen molar-refractivity contribution in [3.8, 4) is 0 Å². The van der Waals surface area contributed by atoms with Crippen molar-refractivity contribution in [3.05, 3.63) is 28.4 Å². The molecule has 19 heavy (non-hydrogen) atoms. The molecular weight excluding hydrogens is 267 g/mol. The van der Waals surface area contributed by atoms with Gasteiger partial charge in [0.05, 0.1) is 19.5 Å². The fraction of sp³-hybridized carbons (Fsp3) is 0.500. The highest BCUT2D eigenvalue weighted by molar-refractivity contribution is 5.93. The van der Waals surface area contributed by atoms with Gasteiger partial charge in [-0.15, -0.1) is 0 Å². The zero-order valence-electron chi connectivity index (χ0n) is 9.61. The molecule has 0 aliphatic carbocycles. The normalized spacial score (nSPS) is 20.4. The number of nitrogens with zero attached hydrogens (tertiary/aromatic N) is 2. The molecule has 2 heterocycles. The molecule has 0 unspecified atom stereocenters. The molecule has 1 N–H and O–H groups in total. The predicted octanol–water partition coefficient (Wildman–Crippen LogP) is 0.173. The quantitative estimate of drug-likeness (QED) is 0.794. The van der Waals surface area contributed by atoms with Crippen molar-refractivity contribution in [3.63, 3.8) is 0 Å². The Bertz CT molecular complexity index is 528. The van der Waals surface area contributed by atoms with Crippen LogP contribution < -0.4 is 5.56 Å². The maximum atomic E-state index is 12.5. The zero-order chi connectivity index (χ0) is 14.0. The van der Waals surface area contributed by atoms with Crippen LogP contribution in [0.3, 0.4) is 0 Å². The summed E-state index contributed by atoms with van der Waals surface area (Å²) in [5.41, 5.74) is -0.972.